The van der Waals surface area contributed by atoms with Gasteiger partial charge in [0.1, 0.15) is 24.1 Å². The second-order valence-corrected chi connectivity index (χ2v) is 4.11. The maximum absolute atomic E-state index is 13.8. The van der Waals surface area contributed by atoms with E-state index in [1.807, 2.05) is 6.92 Å². The lowest BCUT2D eigenvalue weighted by Crippen LogP contribution is -2.06. The molecule has 1 N–H and O–H groups in total. The van der Waals surface area contributed by atoms with Gasteiger partial charge in [-0.05, 0) is 19.1 Å². The number of hydrogen-bond donors (Lipinski definition) is 1. The molecule has 0 radical (unpaired) electrons. The van der Waals surface area contributed by atoms with Crippen LogP contribution < -0.4 is 5.32 Å². The van der Waals surface area contributed by atoms with Gasteiger partial charge in [0.2, 0.25) is 0 Å². The molecule has 4 nitrogen and oxygen atoms in total. The summed E-state index contributed by atoms with van der Waals surface area (Å²) in [5.41, 5.74) is 0.0324. The standard InChI is InChI=1S/C14H15F2N3O/c1-3-17-12-7-11(18-13(19-12)8-20-2)14-9(15)5-4-6-10(14)16/h4-7H,3,8H2,1-2H3,(H,17,18,19). The molecule has 0 spiro atoms. The van der Waals surface area contributed by atoms with Crippen LogP contribution in [0.15, 0.2) is 24.3 Å². The molecule has 0 amide bonds. The van der Waals surface area contributed by atoms with E-state index in [0.717, 1.165) is 0 Å². The van der Waals surface area contributed by atoms with Crippen LogP contribution >= 0.6 is 0 Å². The molecule has 2 rings (SSSR count). The average molecular weight is 279 g/mol. The summed E-state index contributed by atoms with van der Waals surface area (Å²) in [6.45, 7) is 2.71. The van der Waals surface area contributed by atoms with Crippen LogP contribution in [0, 0.1) is 11.6 Å². The van der Waals surface area contributed by atoms with Crippen molar-refractivity contribution in [1.29, 1.82) is 0 Å². The summed E-state index contributed by atoms with van der Waals surface area (Å²) in [4.78, 5) is 8.35. The van der Waals surface area contributed by atoms with Crippen LogP contribution in [0.3, 0.4) is 0 Å². The van der Waals surface area contributed by atoms with E-state index in [4.69, 9.17) is 4.74 Å². The van der Waals surface area contributed by atoms with Gasteiger partial charge in [0.05, 0.1) is 11.3 Å². The predicted octanol–water partition coefficient (Wildman–Crippen LogP) is 3.00. The van der Waals surface area contributed by atoms with Crippen LogP contribution in [0.25, 0.3) is 11.3 Å². The molecule has 106 valence electrons. The smallest absolute Gasteiger partial charge is 0.157 e. The minimum absolute atomic E-state index is 0.161. The van der Waals surface area contributed by atoms with Crippen molar-refractivity contribution in [2.24, 2.45) is 0 Å². The Labute approximate surface area is 115 Å². The zero-order valence-electron chi connectivity index (χ0n) is 11.3. The molecule has 1 aromatic heterocycles. The molecule has 0 aliphatic carbocycles. The van der Waals surface area contributed by atoms with E-state index in [9.17, 15) is 8.78 Å². The summed E-state index contributed by atoms with van der Waals surface area (Å²) in [6.07, 6.45) is 0. The van der Waals surface area contributed by atoms with Gasteiger partial charge in [-0.15, -0.1) is 0 Å². The molecule has 0 fully saturated rings. The molecule has 6 heteroatoms. The van der Waals surface area contributed by atoms with Gasteiger partial charge in [-0.3, -0.25) is 0 Å². The van der Waals surface area contributed by atoms with Gasteiger partial charge in [0, 0.05) is 19.7 Å². The number of methoxy groups -OCH3 is 1. The van der Waals surface area contributed by atoms with Crippen LogP contribution in [-0.2, 0) is 11.3 Å². The maximum atomic E-state index is 13.8. The van der Waals surface area contributed by atoms with Gasteiger partial charge in [-0.2, -0.15) is 0 Å². The van der Waals surface area contributed by atoms with E-state index in [1.165, 1.54) is 31.4 Å². The monoisotopic (exact) mass is 279 g/mol. The molecule has 0 saturated carbocycles. The predicted molar refractivity (Wildman–Crippen MR) is 72.3 cm³/mol. The van der Waals surface area contributed by atoms with Gasteiger partial charge < -0.3 is 10.1 Å². The number of rotatable bonds is 5. The maximum Gasteiger partial charge on any atom is 0.157 e. The number of aromatic nitrogens is 2. The molecular formula is C14H15F2N3O. The van der Waals surface area contributed by atoms with Crippen molar-refractivity contribution in [3.05, 3.63) is 41.7 Å². The number of halogens is 2. The van der Waals surface area contributed by atoms with Crippen LogP contribution in [0.4, 0.5) is 14.6 Å². The highest BCUT2D eigenvalue weighted by molar-refractivity contribution is 5.63. The van der Waals surface area contributed by atoms with Gasteiger partial charge in [-0.25, -0.2) is 18.7 Å². The third kappa shape index (κ3) is 3.08. The van der Waals surface area contributed by atoms with E-state index in [2.05, 4.69) is 15.3 Å². The van der Waals surface area contributed by atoms with Crippen LogP contribution in [0.5, 0.6) is 0 Å². The topological polar surface area (TPSA) is 47.0 Å². The fourth-order valence-electron chi connectivity index (χ4n) is 1.83. The Bertz CT molecular complexity index is 560. The summed E-state index contributed by atoms with van der Waals surface area (Å²) in [6, 6.07) is 5.23. The number of anilines is 1. The Kier molecular flexibility index (Phi) is 4.57. The first-order valence-electron chi connectivity index (χ1n) is 6.20. The molecule has 2 aromatic rings. The van der Waals surface area contributed by atoms with Crippen molar-refractivity contribution in [3.8, 4) is 11.3 Å². The highest BCUT2D eigenvalue weighted by Gasteiger charge is 2.14. The number of nitrogens with zero attached hydrogens (tertiary/aromatic N) is 2. The molecule has 0 aliphatic heterocycles. The zero-order valence-corrected chi connectivity index (χ0v) is 11.3. The third-order valence-corrected chi connectivity index (χ3v) is 2.62. The molecule has 0 saturated heterocycles. The van der Waals surface area contributed by atoms with Crippen molar-refractivity contribution in [3.63, 3.8) is 0 Å². The van der Waals surface area contributed by atoms with Crippen molar-refractivity contribution < 1.29 is 13.5 Å². The normalized spacial score (nSPS) is 10.6. The zero-order chi connectivity index (χ0) is 14.5. The lowest BCUT2D eigenvalue weighted by Gasteiger charge is -2.10. The minimum Gasteiger partial charge on any atom is -0.377 e. The molecule has 0 aliphatic rings. The molecule has 0 unspecified atom stereocenters. The van der Waals surface area contributed by atoms with E-state index in [1.54, 1.807) is 0 Å². The Morgan fingerprint density at radius 1 is 1.20 bits per heavy atom. The van der Waals surface area contributed by atoms with Crippen LogP contribution in [0.1, 0.15) is 12.7 Å². The van der Waals surface area contributed by atoms with Crippen molar-refractivity contribution >= 4 is 5.82 Å². The molecule has 20 heavy (non-hydrogen) atoms. The van der Waals surface area contributed by atoms with Gasteiger partial charge in [-0.1, -0.05) is 6.07 Å². The third-order valence-electron chi connectivity index (χ3n) is 2.62. The number of nitrogens with one attached hydrogen (secondary N) is 1. The minimum atomic E-state index is -0.658. The lowest BCUT2D eigenvalue weighted by molar-refractivity contribution is 0.178. The van der Waals surface area contributed by atoms with E-state index in [0.29, 0.717) is 18.2 Å². The Morgan fingerprint density at radius 2 is 1.90 bits per heavy atom. The second-order valence-electron chi connectivity index (χ2n) is 4.11. The van der Waals surface area contributed by atoms with E-state index in [-0.39, 0.29) is 17.9 Å². The Hall–Kier alpha value is -2.08. The van der Waals surface area contributed by atoms with Gasteiger partial charge in [0.15, 0.2) is 5.82 Å². The number of ether oxygens (including phenoxy) is 1. The summed E-state index contributed by atoms with van der Waals surface area (Å²) < 4.78 is 32.6. The Morgan fingerprint density at radius 3 is 2.50 bits per heavy atom. The quantitative estimate of drug-likeness (QED) is 0.914. The summed E-state index contributed by atoms with van der Waals surface area (Å²) in [5, 5.41) is 3.00. The summed E-state index contributed by atoms with van der Waals surface area (Å²) in [7, 11) is 1.51. The molecule has 1 aromatic carbocycles. The lowest BCUT2D eigenvalue weighted by atomic mass is 10.1. The number of benzene rings is 1. The Balaban J connectivity index is 2.54. The first kappa shape index (κ1) is 14.3. The fourth-order valence-corrected chi connectivity index (χ4v) is 1.83. The summed E-state index contributed by atoms with van der Waals surface area (Å²) >= 11 is 0. The second kappa shape index (κ2) is 6.38. The molecule has 0 atom stereocenters. The SMILES string of the molecule is CCNc1cc(-c2c(F)cccc2F)nc(COC)n1. The molecular weight excluding hydrogens is 264 g/mol. The average Bonchev–Trinajstić information content (AvgIpc) is 2.39. The van der Waals surface area contributed by atoms with Crippen LogP contribution in [0.2, 0.25) is 0 Å². The summed E-state index contributed by atoms with van der Waals surface area (Å²) in [5.74, 6) is -0.445. The largest absolute Gasteiger partial charge is 0.377 e. The van der Waals surface area contributed by atoms with E-state index < -0.39 is 11.6 Å². The van der Waals surface area contributed by atoms with Gasteiger partial charge >= 0.3 is 0 Å². The van der Waals surface area contributed by atoms with Crippen molar-refractivity contribution in [2.45, 2.75) is 13.5 Å². The van der Waals surface area contributed by atoms with Crippen molar-refractivity contribution in [1.82, 2.24) is 9.97 Å². The first-order chi connectivity index (χ1) is 9.65. The first-order valence-corrected chi connectivity index (χ1v) is 6.20. The van der Waals surface area contributed by atoms with Gasteiger partial charge in [0.25, 0.3) is 0 Å². The van der Waals surface area contributed by atoms with Crippen LogP contribution in [-0.4, -0.2) is 23.6 Å². The highest BCUT2D eigenvalue weighted by Crippen LogP contribution is 2.26. The fraction of sp³-hybridized carbons (Fsp3) is 0.286. The number of hydrogen-bond acceptors (Lipinski definition) is 4. The molecule has 0 bridgehead atoms. The van der Waals surface area contributed by atoms with Crippen molar-refractivity contribution in [2.75, 3.05) is 19.0 Å². The highest BCUT2D eigenvalue weighted by atomic mass is 19.1. The van der Waals surface area contributed by atoms with E-state index >= 15 is 0 Å². The molecule has 1 heterocycles.